The van der Waals surface area contributed by atoms with Gasteiger partial charge in [0.15, 0.2) is 5.82 Å². The van der Waals surface area contributed by atoms with Gasteiger partial charge in [0, 0.05) is 36.0 Å². The minimum absolute atomic E-state index is 0.263. The number of para-hydroxylation sites is 1. The largest absolute Gasteiger partial charge is 0.497 e. The Kier molecular flexibility index (Phi) is 7.01. The SMILES string of the molecule is CCN(CC)c1ccc(C(=O)Nn2c(-c3cc(OC)cc(OC)c3)nc3ccccc3c2=O)cc1. The van der Waals surface area contributed by atoms with Crippen molar-refractivity contribution >= 4 is 22.5 Å². The highest BCUT2D eigenvalue weighted by molar-refractivity contribution is 6.00. The third-order valence-electron chi connectivity index (χ3n) is 5.86. The molecule has 3 aromatic carbocycles. The zero-order chi connectivity index (χ0) is 24.9. The second-order valence-corrected chi connectivity index (χ2v) is 7.85. The van der Waals surface area contributed by atoms with E-state index in [0.717, 1.165) is 18.8 Å². The lowest BCUT2D eigenvalue weighted by Crippen LogP contribution is -2.35. The van der Waals surface area contributed by atoms with Crippen molar-refractivity contribution in [2.24, 2.45) is 0 Å². The Morgan fingerprint density at radius 3 is 2.17 bits per heavy atom. The molecule has 0 saturated carbocycles. The van der Waals surface area contributed by atoms with Crippen molar-refractivity contribution in [3.63, 3.8) is 0 Å². The minimum Gasteiger partial charge on any atom is -0.497 e. The van der Waals surface area contributed by atoms with E-state index in [2.05, 4.69) is 24.2 Å². The summed E-state index contributed by atoms with van der Waals surface area (Å²) in [5.74, 6) is 0.906. The van der Waals surface area contributed by atoms with Crippen molar-refractivity contribution in [1.82, 2.24) is 9.66 Å². The van der Waals surface area contributed by atoms with Gasteiger partial charge in [0.2, 0.25) is 0 Å². The Hall–Kier alpha value is -4.33. The number of nitrogens with one attached hydrogen (secondary N) is 1. The molecule has 0 aliphatic heterocycles. The number of anilines is 1. The molecule has 4 rings (SSSR count). The van der Waals surface area contributed by atoms with E-state index >= 15 is 0 Å². The van der Waals surface area contributed by atoms with Crippen LogP contribution in [0.4, 0.5) is 5.69 Å². The molecule has 35 heavy (non-hydrogen) atoms. The summed E-state index contributed by atoms with van der Waals surface area (Å²) in [7, 11) is 3.09. The van der Waals surface area contributed by atoms with Crippen LogP contribution in [0.2, 0.25) is 0 Å². The Labute approximate surface area is 203 Å². The average molecular weight is 473 g/mol. The van der Waals surface area contributed by atoms with Crippen LogP contribution in [0.3, 0.4) is 0 Å². The molecule has 1 amide bonds. The van der Waals surface area contributed by atoms with Crippen molar-refractivity contribution in [1.29, 1.82) is 0 Å². The summed E-state index contributed by atoms with van der Waals surface area (Å²) in [6, 6.07) is 19.5. The number of rotatable bonds is 8. The molecule has 1 heterocycles. The number of aromatic nitrogens is 2. The van der Waals surface area contributed by atoms with Gasteiger partial charge in [-0.05, 0) is 62.4 Å². The first-order chi connectivity index (χ1) is 17.0. The molecule has 4 aromatic rings. The van der Waals surface area contributed by atoms with Crippen LogP contribution >= 0.6 is 0 Å². The van der Waals surface area contributed by atoms with E-state index in [0.29, 0.717) is 33.5 Å². The number of fused-ring (bicyclic) bond motifs is 1. The van der Waals surface area contributed by atoms with E-state index in [-0.39, 0.29) is 11.4 Å². The van der Waals surface area contributed by atoms with Gasteiger partial charge in [0.1, 0.15) is 11.5 Å². The van der Waals surface area contributed by atoms with Gasteiger partial charge in [-0.2, -0.15) is 4.68 Å². The highest BCUT2D eigenvalue weighted by Crippen LogP contribution is 2.29. The molecule has 0 fully saturated rings. The van der Waals surface area contributed by atoms with Crippen LogP contribution in [-0.2, 0) is 0 Å². The molecule has 1 aromatic heterocycles. The molecule has 0 spiro atoms. The predicted octanol–water partition coefficient (Wildman–Crippen LogP) is 4.31. The van der Waals surface area contributed by atoms with Gasteiger partial charge in [-0.1, -0.05) is 12.1 Å². The van der Waals surface area contributed by atoms with Crippen LogP contribution < -0.4 is 25.4 Å². The van der Waals surface area contributed by atoms with Crippen LogP contribution in [0.5, 0.6) is 11.5 Å². The molecule has 0 unspecified atom stereocenters. The molecule has 0 aliphatic carbocycles. The summed E-state index contributed by atoms with van der Waals surface area (Å²) in [4.78, 5) is 33.5. The average Bonchev–Trinajstić information content (AvgIpc) is 2.90. The molecule has 0 atom stereocenters. The van der Waals surface area contributed by atoms with E-state index in [4.69, 9.17) is 14.5 Å². The summed E-state index contributed by atoms with van der Waals surface area (Å²) < 4.78 is 12.0. The number of benzene rings is 3. The van der Waals surface area contributed by atoms with Crippen molar-refractivity contribution in [2.45, 2.75) is 13.8 Å². The number of ether oxygens (including phenoxy) is 2. The van der Waals surface area contributed by atoms with Gasteiger partial charge >= 0.3 is 0 Å². The second kappa shape index (κ2) is 10.3. The quantitative estimate of drug-likeness (QED) is 0.411. The molecule has 8 heteroatoms. The highest BCUT2D eigenvalue weighted by atomic mass is 16.5. The second-order valence-electron chi connectivity index (χ2n) is 7.85. The Morgan fingerprint density at radius 1 is 0.943 bits per heavy atom. The first-order valence-electron chi connectivity index (χ1n) is 11.4. The lowest BCUT2D eigenvalue weighted by Gasteiger charge is -2.21. The van der Waals surface area contributed by atoms with Crippen molar-refractivity contribution in [2.75, 3.05) is 37.6 Å². The van der Waals surface area contributed by atoms with E-state index in [9.17, 15) is 9.59 Å². The van der Waals surface area contributed by atoms with Crippen LogP contribution in [-0.4, -0.2) is 42.9 Å². The summed E-state index contributed by atoms with van der Waals surface area (Å²) in [6.45, 7) is 5.90. The highest BCUT2D eigenvalue weighted by Gasteiger charge is 2.18. The lowest BCUT2D eigenvalue weighted by atomic mass is 10.1. The number of nitrogens with zero attached hydrogens (tertiary/aromatic N) is 3. The molecule has 0 radical (unpaired) electrons. The normalized spacial score (nSPS) is 10.7. The maximum absolute atomic E-state index is 13.5. The Morgan fingerprint density at radius 2 is 1.57 bits per heavy atom. The van der Waals surface area contributed by atoms with Crippen LogP contribution in [0.25, 0.3) is 22.3 Å². The monoisotopic (exact) mass is 472 g/mol. The fraction of sp³-hybridized carbons (Fsp3) is 0.222. The van der Waals surface area contributed by atoms with Crippen molar-refractivity contribution in [3.8, 4) is 22.9 Å². The molecule has 180 valence electrons. The molecule has 0 saturated heterocycles. The van der Waals surface area contributed by atoms with Gasteiger partial charge in [-0.3, -0.25) is 15.0 Å². The topological polar surface area (TPSA) is 85.7 Å². The van der Waals surface area contributed by atoms with Gasteiger partial charge in [0.05, 0.1) is 25.1 Å². The summed E-state index contributed by atoms with van der Waals surface area (Å²) in [5, 5.41) is 0.392. The first kappa shape index (κ1) is 23.8. The van der Waals surface area contributed by atoms with Gasteiger partial charge in [0.25, 0.3) is 11.5 Å². The van der Waals surface area contributed by atoms with Crippen LogP contribution in [0.1, 0.15) is 24.2 Å². The predicted molar refractivity (Wildman–Crippen MR) is 138 cm³/mol. The third-order valence-corrected chi connectivity index (χ3v) is 5.86. The molecular formula is C27H28N4O4. The van der Waals surface area contributed by atoms with Crippen molar-refractivity contribution < 1.29 is 14.3 Å². The maximum Gasteiger partial charge on any atom is 0.280 e. The van der Waals surface area contributed by atoms with Crippen molar-refractivity contribution in [3.05, 3.63) is 82.6 Å². The summed E-state index contributed by atoms with van der Waals surface area (Å²) in [6.07, 6.45) is 0. The Bertz CT molecular complexity index is 1390. The number of amides is 1. The zero-order valence-corrected chi connectivity index (χ0v) is 20.2. The standard InChI is InChI=1S/C27H28N4O4/c1-5-30(6-2)20-13-11-18(12-14-20)26(32)29-31-25(19-15-21(34-3)17-22(16-19)35-4)28-24-10-8-7-9-23(24)27(31)33/h7-17H,5-6H2,1-4H3,(H,29,32). The van der Waals surface area contributed by atoms with Gasteiger partial charge < -0.3 is 14.4 Å². The van der Waals surface area contributed by atoms with Crippen LogP contribution in [0, 0.1) is 0 Å². The number of carbonyl (C=O) groups is 1. The third kappa shape index (κ3) is 4.82. The van der Waals surface area contributed by atoms with E-state index in [1.807, 2.05) is 18.2 Å². The number of carbonyl (C=O) groups excluding carboxylic acids is 1. The maximum atomic E-state index is 13.5. The fourth-order valence-electron chi connectivity index (χ4n) is 3.95. The molecule has 0 bridgehead atoms. The lowest BCUT2D eigenvalue weighted by molar-refractivity contribution is 0.101. The van der Waals surface area contributed by atoms with E-state index in [1.54, 1.807) is 62.8 Å². The zero-order valence-electron chi connectivity index (χ0n) is 20.2. The Balaban J connectivity index is 1.80. The molecular weight excluding hydrogens is 444 g/mol. The minimum atomic E-state index is -0.425. The van der Waals surface area contributed by atoms with Gasteiger partial charge in [-0.25, -0.2) is 4.98 Å². The fourth-order valence-corrected chi connectivity index (χ4v) is 3.95. The smallest absolute Gasteiger partial charge is 0.280 e. The number of methoxy groups -OCH3 is 2. The summed E-state index contributed by atoms with van der Waals surface area (Å²) in [5.41, 5.74) is 4.88. The molecule has 1 N–H and O–H groups in total. The van der Waals surface area contributed by atoms with Gasteiger partial charge in [-0.15, -0.1) is 0 Å². The number of hydrogen-bond acceptors (Lipinski definition) is 6. The van der Waals surface area contributed by atoms with Crippen LogP contribution in [0.15, 0.2) is 71.5 Å². The van der Waals surface area contributed by atoms with E-state index < -0.39 is 5.91 Å². The number of hydrogen-bond donors (Lipinski definition) is 1. The molecule has 8 nitrogen and oxygen atoms in total. The summed E-state index contributed by atoms with van der Waals surface area (Å²) >= 11 is 0. The molecule has 0 aliphatic rings. The van der Waals surface area contributed by atoms with E-state index in [1.165, 1.54) is 4.68 Å². The first-order valence-corrected chi connectivity index (χ1v) is 11.4.